The summed E-state index contributed by atoms with van der Waals surface area (Å²) in [4.78, 5) is 12.8. The molecule has 1 amide bonds. The molecule has 0 unspecified atom stereocenters. The van der Waals surface area contributed by atoms with Crippen LogP contribution in [0.2, 0.25) is 0 Å². The number of aryl methyl sites for hydroxylation is 2. The summed E-state index contributed by atoms with van der Waals surface area (Å²) in [7, 11) is 0. The number of carbonyl (C=O) groups is 1. The van der Waals surface area contributed by atoms with Crippen molar-refractivity contribution in [2.24, 2.45) is 5.92 Å². The van der Waals surface area contributed by atoms with E-state index in [2.05, 4.69) is 34.5 Å². The van der Waals surface area contributed by atoms with Crippen molar-refractivity contribution in [3.63, 3.8) is 0 Å². The Hall–Kier alpha value is -3.33. The molecule has 0 fully saturated rings. The third-order valence-electron chi connectivity index (χ3n) is 4.72. The lowest BCUT2D eigenvalue weighted by molar-refractivity contribution is -0.113. The van der Waals surface area contributed by atoms with E-state index in [1.807, 2.05) is 60.9 Å². The molecule has 32 heavy (non-hydrogen) atoms. The Balaban J connectivity index is 1.48. The molecule has 1 aromatic carbocycles. The summed E-state index contributed by atoms with van der Waals surface area (Å²) in [5, 5.41) is 16.8. The van der Waals surface area contributed by atoms with Crippen molar-refractivity contribution in [3.8, 4) is 17.3 Å². The fourth-order valence-corrected chi connectivity index (χ4v) is 4.04. The van der Waals surface area contributed by atoms with Gasteiger partial charge < -0.3 is 9.73 Å². The van der Waals surface area contributed by atoms with Gasteiger partial charge in [0.2, 0.25) is 5.91 Å². The number of thioether (sulfide) groups is 1. The van der Waals surface area contributed by atoms with Crippen LogP contribution in [0.3, 0.4) is 0 Å². The van der Waals surface area contributed by atoms with Gasteiger partial charge in [0.05, 0.1) is 23.4 Å². The van der Waals surface area contributed by atoms with E-state index >= 15 is 0 Å². The van der Waals surface area contributed by atoms with Gasteiger partial charge in [-0.3, -0.25) is 9.36 Å². The van der Waals surface area contributed by atoms with Crippen LogP contribution < -0.4 is 5.32 Å². The first kappa shape index (κ1) is 21.9. The highest BCUT2D eigenvalue weighted by Crippen LogP contribution is 2.26. The summed E-state index contributed by atoms with van der Waals surface area (Å²) in [6, 6.07) is 13.5. The first-order valence-electron chi connectivity index (χ1n) is 10.4. The highest BCUT2D eigenvalue weighted by molar-refractivity contribution is 7.99. The Morgan fingerprint density at radius 1 is 1.16 bits per heavy atom. The van der Waals surface area contributed by atoms with Gasteiger partial charge in [-0.25, -0.2) is 4.68 Å². The van der Waals surface area contributed by atoms with Gasteiger partial charge in [0, 0.05) is 12.6 Å². The zero-order valence-corrected chi connectivity index (χ0v) is 19.4. The van der Waals surface area contributed by atoms with Crippen LogP contribution in [0.5, 0.6) is 0 Å². The van der Waals surface area contributed by atoms with Gasteiger partial charge in [0.1, 0.15) is 5.82 Å². The first-order chi connectivity index (χ1) is 15.4. The number of rotatable bonds is 8. The molecular weight excluding hydrogens is 424 g/mol. The Labute approximate surface area is 191 Å². The number of hydrogen-bond donors (Lipinski definition) is 1. The van der Waals surface area contributed by atoms with Crippen molar-refractivity contribution in [1.82, 2.24) is 24.5 Å². The van der Waals surface area contributed by atoms with Gasteiger partial charge >= 0.3 is 0 Å². The van der Waals surface area contributed by atoms with Crippen LogP contribution in [0.1, 0.15) is 25.1 Å². The first-order valence-corrected chi connectivity index (χ1v) is 11.4. The molecule has 166 valence electrons. The van der Waals surface area contributed by atoms with Crippen LogP contribution in [0, 0.1) is 19.8 Å². The minimum absolute atomic E-state index is 0.137. The molecule has 4 aromatic rings. The Morgan fingerprint density at radius 3 is 2.62 bits per heavy atom. The van der Waals surface area contributed by atoms with Gasteiger partial charge in [-0.1, -0.05) is 43.3 Å². The highest BCUT2D eigenvalue weighted by atomic mass is 32.2. The number of aromatic nitrogens is 5. The number of amides is 1. The van der Waals surface area contributed by atoms with Crippen LogP contribution in [-0.4, -0.2) is 36.2 Å². The van der Waals surface area contributed by atoms with Crippen molar-refractivity contribution in [2.75, 3.05) is 11.1 Å². The molecule has 8 nitrogen and oxygen atoms in total. The van der Waals surface area contributed by atoms with Gasteiger partial charge in [-0.2, -0.15) is 5.10 Å². The second kappa shape index (κ2) is 9.44. The predicted octanol–water partition coefficient (Wildman–Crippen LogP) is 4.73. The van der Waals surface area contributed by atoms with Crippen LogP contribution >= 0.6 is 11.8 Å². The maximum atomic E-state index is 12.8. The van der Waals surface area contributed by atoms with Gasteiger partial charge in [-0.05, 0) is 44.0 Å². The van der Waals surface area contributed by atoms with Gasteiger partial charge in [0.15, 0.2) is 16.7 Å². The summed E-state index contributed by atoms with van der Waals surface area (Å²) in [5.74, 6) is 2.41. The summed E-state index contributed by atoms with van der Waals surface area (Å²) in [6.07, 6.45) is 1.61. The van der Waals surface area contributed by atoms with E-state index in [9.17, 15) is 4.79 Å². The predicted molar refractivity (Wildman–Crippen MR) is 125 cm³/mol. The lowest BCUT2D eigenvalue weighted by Gasteiger charge is -2.12. The molecule has 0 aliphatic carbocycles. The van der Waals surface area contributed by atoms with Crippen LogP contribution in [-0.2, 0) is 11.3 Å². The number of anilines is 1. The Morgan fingerprint density at radius 2 is 1.94 bits per heavy atom. The van der Waals surface area contributed by atoms with E-state index < -0.39 is 0 Å². The normalized spacial score (nSPS) is 11.3. The largest absolute Gasteiger partial charge is 0.461 e. The van der Waals surface area contributed by atoms with Crippen molar-refractivity contribution < 1.29 is 9.21 Å². The van der Waals surface area contributed by atoms with E-state index in [-0.39, 0.29) is 11.7 Å². The van der Waals surface area contributed by atoms with E-state index in [0.717, 1.165) is 17.9 Å². The number of nitrogens with zero attached hydrogens (tertiary/aromatic N) is 5. The average Bonchev–Trinajstić information content (AvgIpc) is 3.47. The van der Waals surface area contributed by atoms with Crippen LogP contribution in [0.15, 0.2) is 58.3 Å². The molecule has 0 atom stereocenters. The Bertz CT molecular complexity index is 1190. The smallest absolute Gasteiger partial charge is 0.236 e. The lowest BCUT2D eigenvalue weighted by atomic mass is 10.2. The zero-order valence-electron chi connectivity index (χ0n) is 18.6. The fraction of sp³-hybridized carbons (Fsp3) is 0.304. The second-order valence-electron chi connectivity index (χ2n) is 8.04. The van der Waals surface area contributed by atoms with Crippen LogP contribution in [0.25, 0.3) is 17.3 Å². The molecule has 0 spiro atoms. The van der Waals surface area contributed by atoms with E-state index in [1.54, 1.807) is 10.9 Å². The SMILES string of the molecule is Cc1ccc(-n2nc(C)cc2NC(=O)CSc2nnc(-c3ccco3)n2CC(C)C)cc1. The second-order valence-corrected chi connectivity index (χ2v) is 8.99. The molecule has 0 bridgehead atoms. The maximum absolute atomic E-state index is 12.8. The number of nitrogens with one attached hydrogen (secondary N) is 1. The molecular formula is C23H26N6O2S. The summed E-state index contributed by atoms with van der Waals surface area (Å²) < 4.78 is 9.25. The molecule has 0 saturated carbocycles. The van der Waals surface area contributed by atoms with Crippen molar-refractivity contribution >= 4 is 23.5 Å². The topological polar surface area (TPSA) is 90.8 Å². The van der Waals surface area contributed by atoms with Crippen molar-refractivity contribution in [2.45, 2.75) is 39.4 Å². The molecule has 3 heterocycles. The third-order valence-corrected chi connectivity index (χ3v) is 5.68. The number of benzene rings is 1. The van der Waals surface area contributed by atoms with Gasteiger partial charge in [-0.15, -0.1) is 10.2 Å². The molecule has 1 N–H and O–H groups in total. The molecule has 4 rings (SSSR count). The Kier molecular flexibility index (Phi) is 6.45. The van der Waals surface area contributed by atoms with Crippen molar-refractivity contribution in [1.29, 1.82) is 0 Å². The molecule has 0 aliphatic rings. The summed E-state index contributed by atoms with van der Waals surface area (Å²) >= 11 is 1.35. The molecule has 9 heteroatoms. The van der Waals surface area contributed by atoms with Gasteiger partial charge in [0.25, 0.3) is 0 Å². The lowest BCUT2D eigenvalue weighted by Crippen LogP contribution is -2.17. The van der Waals surface area contributed by atoms with E-state index in [4.69, 9.17) is 4.42 Å². The average molecular weight is 451 g/mol. The van der Waals surface area contributed by atoms with Crippen LogP contribution in [0.4, 0.5) is 5.82 Å². The highest BCUT2D eigenvalue weighted by Gasteiger charge is 2.19. The summed E-state index contributed by atoms with van der Waals surface area (Å²) in [5.41, 5.74) is 2.89. The molecule has 0 radical (unpaired) electrons. The minimum atomic E-state index is -0.137. The third kappa shape index (κ3) is 4.94. The molecule has 0 aliphatic heterocycles. The fourth-order valence-electron chi connectivity index (χ4n) is 3.29. The number of hydrogen-bond acceptors (Lipinski definition) is 6. The summed E-state index contributed by atoms with van der Waals surface area (Å²) in [6.45, 7) is 8.92. The monoisotopic (exact) mass is 450 g/mol. The van der Waals surface area contributed by atoms with Crippen molar-refractivity contribution in [3.05, 3.63) is 60.0 Å². The molecule has 3 aromatic heterocycles. The number of carbonyl (C=O) groups excluding carboxylic acids is 1. The van der Waals surface area contributed by atoms with E-state index in [0.29, 0.717) is 28.5 Å². The van der Waals surface area contributed by atoms with E-state index in [1.165, 1.54) is 17.3 Å². The molecule has 0 saturated heterocycles. The quantitative estimate of drug-likeness (QED) is 0.390. The zero-order chi connectivity index (χ0) is 22.7. The number of furan rings is 1. The standard InChI is InChI=1S/C23H26N6O2S/c1-15(2)13-28-22(19-6-5-11-31-19)25-26-23(28)32-14-21(30)24-20-12-17(4)27-29(20)18-9-7-16(3)8-10-18/h5-12,15H,13-14H2,1-4H3,(H,24,30). The maximum Gasteiger partial charge on any atom is 0.236 e. The minimum Gasteiger partial charge on any atom is -0.461 e.